The van der Waals surface area contributed by atoms with Crippen LogP contribution in [0.2, 0.25) is 0 Å². The molecule has 2 aromatic carbocycles. The molecule has 0 unspecified atom stereocenters. The Kier molecular flexibility index (Phi) is 2.85. The molecule has 2 aromatic rings. The third-order valence-electron chi connectivity index (χ3n) is 3.45. The highest BCUT2D eigenvalue weighted by Gasteiger charge is 2.26. The summed E-state index contributed by atoms with van der Waals surface area (Å²) < 4.78 is 0. The zero-order chi connectivity index (χ0) is 12.4. The van der Waals surface area contributed by atoms with Gasteiger partial charge in [-0.1, -0.05) is 54.6 Å². The van der Waals surface area contributed by atoms with E-state index in [9.17, 15) is 4.79 Å². The first-order chi connectivity index (χ1) is 8.86. The molecule has 0 aromatic heterocycles. The summed E-state index contributed by atoms with van der Waals surface area (Å²) >= 11 is 0. The van der Waals surface area contributed by atoms with Gasteiger partial charge in [-0.05, 0) is 23.1 Å². The van der Waals surface area contributed by atoms with Crippen LogP contribution in [0, 0.1) is 0 Å². The van der Waals surface area contributed by atoms with E-state index in [0.717, 1.165) is 24.1 Å². The van der Waals surface area contributed by atoms with Crippen molar-refractivity contribution in [1.82, 2.24) is 5.32 Å². The molecule has 2 heteroatoms. The van der Waals surface area contributed by atoms with E-state index in [4.69, 9.17) is 0 Å². The predicted molar refractivity (Wildman–Crippen MR) is 71.4 cm³/mol. The maximum atomic E-state index is 12.3. The number of rotatable bonds is 1. The predicted octanol–water partition coefficient (Wildman–Crippen LogP) is 2.49. The second kappa shape index (κ2) is 4.65. The minimum atomic E-state index is -0.176. The van der Waals surface area contributed by atoms with Crippen LogP contribution in [-0.2, 0) is 11.2 Å². The number of benzene rings is 2. The summed E-state index contributed by atoms with van der Waals surface area (Å²) in [6.45, 7) is 0.721. The average molecular weight is 237 g/mol. The van der Waals surface area contributed by atoms with Crippen LogP contribution >= 0.6 is 0 Å². The lowest BCUT2D eigenvalue weighted by atomic mass is 9.88. The number of hydrogen-bond donors (Lipinski definition) is 1. The Hall–Kier alpha value is -2.09. The molecule has 1 atom stereocenters. The van der Waals surface area contributed by atoms with Crippen molar-refractivity contribution in [3.63, 3.8) is 0 Å². The zero-order valence-electron chi connectivity index (χ0n) is 10.1. The Morgan fingerprint density at radius 2 is 1.67 bits per heavy atom. The van der Waals surface area contributed by atoms with Crippen molar-refractivity contribution in [2.24, 2.45) is 0 Å². The van der Waals surface area contributed by atoms with Crippen LogP contribution in [0.25, 0.3) is 0 Å². The van der Waals surface area contributed by atoms with Crippen molar-refractivity contribution < 1.29 is 4.79 Å². The summed E-state index contributed by atoms with van der Waals surface area (Å²) in [6, 6.07) is 18.2. The average Bonchev–Trinajstić information content (AvgIpc) is 2.58. The van der Waals surface area contributed by atoms with Gasteiger partial charge in [-0.2, -0.15) is 0 Å². The van der Waals surface area contributed by atoms with Gasteiger partial charge in [0.1, 0.15) is 0 Å². The molecule has 2 nitrogen and oxygen atoms in total. The van der Waals surface area contributed by atoms with Gasteiger partial charge in [0.2, 0.25) is 5.91 Å². The van der Waals surface area contributed by atoms with E-state index in [-0.39, 0.29) is 11.8 Å². The highest BCUT2D eigenvalue weighted by Crippen LogP contribution is 2.29. The smallest absolute Gasteiger partial charge is 0.232 e. The number of hydrogen-bond acceptors (Lipinski definition) is 1. The first kappa shape index (κ1) is 11.0. The Bertz CT molecular complexity index is 562. The van der Waals surface area contributed by atoms with Crippen molar-refractivity contribution in [2.75, 3.05) is 6.54 Å². The van der Waals surface area contributed by atoms with Gasteiger partial charge in [0, 0.05) is 6.54 Å². The molecule has 0 spiro atoms. The minimum absolute atomic E-state index is 0.103. The maximum Gasteiger partial charge on any atom is 0.232 e. The van der Waals surface area contributed by atoms with Crippen LogP contribution in [0.4, 0.5) is 0 Å². The molecule has 1 amide bonds. The Labute approximate surface area is 107 Å². The van der Waals surface area contributed by atoms with Gasteiger partial charge in [-0.15, -0.1) is 0 Å². The highest BCUT2D eigenvalue weighted by atomic mass is 16.1. The molecule has 0 fully saturated rings. The van der Waals surface area contributed by atoms with E-state index in [1.807, 2.05) is 42.5 Å². The van der Waals surface area contributed by atoms with E-state index >= 15 is 0 Å². The first-order valence-corrected chi connectivity index (χ1v) is 6.27. The van der Waals surface area contributed by atoms with Crippen LogP contribution in [-0.4, -0.2) is 12.5 Å². The van der Waals surface area contributed by atoms with E-state index in [0.29, 0.717) is 0 Å². The summed E-state index contributed by atoms with van der Waals surface area (Å²) in [7, 11) is 0. The van der Waals surface area contributed by atoms with Crippen LogP contribution < -0.4 is 5.32 Å². The highest BCUT2D eigenvalue weighted by molar-refractivity contribution is 5.88. The van der Waals surface area contributed by atoms with E-state index in [1.54, 1.807) is 0 Å². The molecule has 90 valence electrons. The van der Waals surface area contributed by atoms with Crippen molar-refractivity contribution in [2.45, 2.75) is 12.3 Å². The van der Waals surface area contributed by atoms with Gasteiger partial charge in [-0.25, -0.2) is 0 Å². The molecule has 18 heavy (non-hydrogen) atoms. The number of nitrogens with one attached hydrogen (secondary N) is 1. The van der Waals surface area contributed by atoms with E-state index in [2.05, 4.69) is 17.4 Å². The maximum absolute atomic E-state index is 12.3. The molecule has 3 rings (SSSR count). The summed E-state index contributed by atoms with van der Waals surface area (Å²) in [5, 5.41) is 3.00. The topological polar surface area (TPSA) is 29.1 Å². The second-order valence-corrected chi connectivity index (χ2v) is 4.58. The zero-order valence-corrected chi connectivity index (χ0v) is 10.1. The molecule has 0 saturated carbocycles. The van der Waals surface area contributed by atoms with Gasteiger partial charge in [0.15, 0.2) is 0 Å². The van der Waals surface area contributed by atoms with Crippen molar-refractivity contribution >= 4 is 5.91 Å². The molecule has 1 N–H and O–H groups in total. The fourth-order valence-corrected chi connectivity index (χ4v) is 2.58. The quantitative estimate of drug-likeness (QED) is 0.811. The number of carbonyl (C=O) groups is 1. The normalized spacial score (nSPS) is 18.7. The molecule has 1 aliphatic rings. The van der Waals surface area contributed by atoms with E-state index in [1.165, 1.54) is 5.56 Å². The largest absolute Gasteiger partial charge is 0.355 e. The molecule has 0 bridgehead atoms. The van der Waals surface area contributed by atoms with Gasteiger partial charge in [0.05, 0.1) is 5.92 Å². The minimum Gasteiger partial charge on any atom is -0.355 e. The first-order valence-electron chi connectivity index (χ1n) is 6.27. The van der Waals surface area contributed by atoms with Crippen LogP contribution in [0.15, 0.2) is 54.6 Å². The van der Waals surface area contributed by atoms with Gasteiger partial charge in [-0.3, -0.25) is 4.79 Å². The lowest BCUT2D eigenvalue weighted by Crippen LogP contribution is -2.28. The lowest BCUT2D eigenvalue weighted by molar-refractivity contribution is -0.121. The van der Waals surface area contributed by atoms with Gasteiger partial charge < -0.3 is 5.32 Å². The molecular formula is C16H15NO. The molecule has 0 radical (unpaired) electrons. The van der Waals surface area contributed by atoms with Crippen LogP contribution in [0.3, 0.4) is 0 Å². The van der Waals surface area contributed by atoms with Crippen LogP contribution in [0.1, 0.15) is 22.6 Å². The Morgan fingerprint density at radius 3 is 2.50 bits per heavy atom. The number of fused-ring (bicyclic) bond motifs is 1. The number of amides is 1. The standard InChI is InChI=1S/C16H15NO/c18-16-15(13-7-2-1-3-8-13)14-9-5-4-6-12(14)10-11-17-16/h1-9,15H,10-11H2,(H,17,18)/t15-/m1/s1. The third-order valence-corrected chi connectivity index (χ3v) is 3.45. The molecule has 0 saturated heterocycles. The van der Waals surface area contributed by atoms with Crippen molar-refractivity contribution in [3.8, 4) is 0 Å². The second-order valence-electron chi connectivity index (χ2n) is 4.58. The lowest BCUT2D eigenvalue weighted by Gasteiger charge is -2.16. The van der Waals surface area contributed by atoms with Gasteiger partial charge >= 0.3 is 0 Å². The third kappa shape index (κ3) is 1.90. The van der Waals surface area contributed by atoms with E-state index < -0.39 is 0 Å². The summed E-state index contributed by atoms with van der Waals surface area (Å²) in [4.78, 5) is 12.3. The van der Waals surface area contributed by atoms with Crippen molar-refractivity contribution in [3.05, 3.63) is 71.3 Å². The SMILES string of the molecule is O=C1NCCc2ccccc2[C@H]1c1ccccc1. The van der Waals surface area contributed by atoms with Crippen molar-refractivity contribution in [1.29, 1.82) is 0 Å². The summed E-state index contributed by atoms with van der Waals surface area (Å²) in [6.07, 6.45) is 0.908. The molecular weight excluding hydrogens is 222 g/mol. The molecule has 1 heterocycles. The number of carbonyl (C=O) groups excluding carboxylic acids is 1. The molecule has 0 aliphatic carbocycles. The fourth-order valence-electron chi connectivity index (χ4n) is 2.58. The Morgan fingerprint density at radius 1 is 0.944 bits per heavy atom. The summed E-state index contributed by atoms with van der Waals surface area (Å²) in [5.74, 6) is -0.0731. The molecule has 1 aliphatic heterocycles. The van der Waals surface area contributed by atoms with Gasteiger partial charge in [0.25, 0.3) is 0 Å². The summed E-state index contributed by atoms with van der Waals surface area (Å²) in [5.41, 5.74) is 3.47. The monoisotopic (exact) mass is 237 g/mol. The fraction of sp³-hybridized carbons (Fsp3) is 0.188. The Balaban J connectivity index is 2.14. The van der Waals surface area contributed by atoms with Crippen LogP contribution in [0.5, 0.6) is 0 Å².